The Morgan fingerprint density at radius 2 is 2.11 bits per heavy atom. The zero-order valence-corrected chi connectivity index (χ0v) is 6.05. The number of hydroxylamine groups is 3. The van der Waals surface area contributed by atoms with E-state index in [1.807, 2.05) is 6.92 Å². The first-order valence-electron chi connectivity index (χ1n) is 2.79. The molecular weight excluding hydrogens is 120 g/mol. The van der Waals surface area contributed by atoms with Gasteiger partial charge in [-0.25, -0.2) is 4.79 Å². The van der Waals surface area contributed by atoms with E-state index in [0.29, 0.717) is 6.61 Å². The van der Waals surface area contributed by atoms with Gasteiger partial charge in [-0.15, -0.1) is 4.65 Å². The molecular formula is C5H13N2O2+. The van der Waals surface area contributed by atoms with E-state index in [1.165, 1.54) is 0 Å². The summed E-state index contributed by atoms with van der Waals surface area (Å²) in [5.74, 6) is 0. The van der Waals surface area contributed by atoms with Crippen LogP contribution in [0.1, 0.15) is 6.92 Å². The number of rotatable bonds is 2. The molecule has 0 radical (unpaired) electrons. The number of nitrogens with two attached hydrogens (primary N) is 1. The van der Waals surface area contributed by atoms with Crippen molar-refractivity contribution in [3.8, 4) is 0 Å². The third-order valence-corrected chi connectivity index (χ3v) is 0.983. The van der Waals surface area contributed by atoms with Gasteiger partial charge in [0.05, 0.1) is 0 Å². The number of carbonyl (C=O) groups excluding carboxylic acids is 1. The van der Waals surface area contributed by atoms with Gasteiger partial charge in [0.25, 0.3) is 0 Å². The molecule has 4 nitrogen and oxygen atoms in total. The fourth-order valence-corrected chi connectivity index (χ4v) is 0.386. The topological polar surface area (TPSA) is 52.3 Å². The molecule has 0 saturated heterocycles. The molecule has 0 aliphatic carbocycles. The van der Waals surface area contributed by atoms with Crippen LogP contribution in [0.15, 0.2) is 0 Å². The molecule has 0 rings (SSSR count). The van der Waals surface area contributed by atoms with Crippen LogP contribution in [0.5, 0.6) is 0 Å². The second-order valence-corrected chi connectivity index (χ2v) is 2.11. The highest BCUT2D eigenvalue weighted by atomic mass is 16.7. The Balaban J connectivity index is 3.85. The first kappa shape index (κ1) is 8.39. The van der Waals surface area contributed by atoms with Gasteiger partial charge in [-0.3, -0.25) is 0 Å². The molecule has 2 amide bonds. The smallest absolute Gasteiger partial charge is 0.316 e. The van der Waals surface area contributed by atoms with E-state index in [-0.39, 0.29) is 4.65 Å². The maximum absolute atomic E-state index is 10.5. The zero-order valence-electron chi connectivity index (χ0n) is 6.05. The Kier molecular flexibility index (Phi) is 2.61. The summed E-state index contributed by atoms with van der Waals surface area (Å²) >= 11 is 0. The third kappa shape index (κ3) is 2.43. The van der Waals surface area contributed by atoms with Gasteiger partial charge < -0.3 is 5.73 Å². The summed E-state index contributed by atoms with van der Waals surface area (Å²) in [6, 6.07) is -0.489. The van der Waals surface area contributed by atoms with Gasteiger partial charge >= 0.3 is 6.03 Å². The molecule has 0 bridgehead atoms. The van der Waals surface area contributed by atoms with Gasteiger partial charge in [0.2, 0.25) is 0 Å². The summed E-state index contributed by atoms with van der Waals surface area (Å²) in [5, 5.41) is 0. The predicted molar refractivity (Wildman–Crippen MR) is 33.3 cm³/mol. The minimum Gasteiger partial charge on any atom is -0.316 e. The zero-order chi connectivity index (χ0) is 7.49. The molecule has 54 valence electrons. The van der Waals surface area contributed by atoms with Crippen molar-refractivity contribution in [3.63, 3.8) is 0 Å². The van der Waals surface area contributed by atoms with Crippen LogP contribution >= 0.6 is 0 Å². The van der Waals surface area contributed by atoms with Crippen molar-refractivity contribution < 1.29 is 14.3 Å². The molecule has 0 atom stereocenters. The van der Waals surface area contributed by atoms with E-state index in [1.54, 1.807) is 14.1 Å². The lowest BCUT2D eigenvalue weighted by Crippen LogP contribution is -2.48. The molecule has 0 aromatic rings. The first-order chi connectivity index (χ1) is 4.00. The lowest BCUT2D eigenvalue weighted by atomic mass is 10.8. The summed E-state index contributed by atoms with van der Waals surface area (Å²) in [4.78, 5) is 15.4. The van der Waals surface area contributed by atoms with E-state index in [9.17, 15) is 4.79 Å². The lowest BCUT2D eigenvalue weighted by molar-refractivity contribution is -1.01. The molecule has 0 saturated carbocycles. The molecule has 0 spiro atoms. The van der Waals surface area contributed by atoms with Crippen LogP contribution < -0.4 is 5.73 Å². The van der Waals surface area contributed by atoms with Crippen LogP contribution in [-0.2, 0) is 4.84 Å². The van der Waals surface area contributed by atoms with Crippen molar-refractivity contribution >= 4 is 6.03 Å². The van der Waals surface area contributed by atoms with Gasteiger partial charge in [-0.2, -0.15) is 4.84 Å². The molecule has 0 fully saturated rings. The number of quaternary nitrogens is 1. The molecule has 0 aromatic heterocycles. The normalized spacial score (nSPS) is 11.4. The summed E-state index contributed by atoms with van der Waals surface area (Å²) < 4.78 is -0.212. The monoisotopic (exact) mass is 133 g/mol. The van der Waals surface area contributed by atoms with Crippen molar-refractivity contribution in [1.29, 1.82) is 0 Å². The van der Waals surface area contributed by atoms with E-state index < -0.39 is 6.03 Å². The Morgan fingerprint density at radius 1 is 1.67 bits per heavy atom. The van der Waals surface area contributed by atoms with Crippen molar-refractivity contribution in [3.05, 3.63) is 0 Å². The highest BCUT2D eigenvalue weighted by Gasteiger charge is 2.23. The van der Waals surface area contributed by atoms with Gasteiger partial charge in [0, 0.05) is 0 Å². The van der Waals surface area contributed by atoms with E-state index in [2.05, 4.69) is 0 Å². The second-order valence-electron chi connectivity index (χ2n) is 2.11. The molecule has 0 aromatic carbocycles. The summed E-state index contributed by atoms with van der Waals surface area (Å²) in [6.45, 7) is 2.29. The van der Waals surface area contributed by atoms with Gasteiger partial charge in [0.15, 0.2) is 0 Å². The van der Waals surface area contributed by atoms with Gasteiger partial charge in [0.1, 0.15) is 20.7 Å². The van der Waals surface area contributed by atoms with Crippen LogP contribution in [0.3, 0.4) is 0 Å². The quantitative estimate of drug-likeness (QED) is 0.429. The Morgan fingerprint density at radius 3 is 2.22 bits per heavy atom. The minimum atomic E-state index is -0.489. The average Bonchev–Trinajstić information content (AvgIpc) is 1.65. The predicted octanol–water partition coefficient (Wildman–Crippen LogP) is 0.0930. The minimum absolute atomic E-state index is 0.212. The van der Waals surface area contributed by atoms with Crippen molar-refractivity contribution in [2.75, 3.05) is 20.7 Å². The molecule has 0 unspecified atom stereocenters. The van der Waals surface area contributed by atoms with Gasteiger partial charge in [-0.1, -0.05) is 0 Å². The average molecular weight is 133 g/mol. The van der Waals surface area contributed by atoms with E-state index >= 15 is 0 Å². The molecule has 9 heavy (non-hydrogen) atoms. The molecule has 4 heteroatoms. The number of nitrogens with zero attached hydrogens (tertiary/aromatic N) is 1. The summed E-state index contributed by atoms with van der Waals surface area (Å²) in [6.07, 6.45) is 0. The molecule has 2 N–H and O–H groups in total. The number of primary amides is 1. The maximum atomic E-state index is 10.5. The standard InChI is InChI=1S/C5H12N2O2/c1-4-9-7(2,3)5(6)8/h4H2,1-3H3,(H-,6,8)/p+1. The number of hydrogen-bond donors (Lipinski definition) is 1. The first-order valence-corrected chi connectivity index (χ1v) is 2.79. The fourth-order valence-electron chi connectivity index (χ4n) is 0.386. The Labute approximate surface area is 54.7 Å². The van der Waals surface area contributed by atoms with Gasteiger partial charge in [-0.05, 0) is 6.92 Å². The molecule has 0 aliphatic heterocycles. The Hall–Kier alpha value is -0.610. The van der Waals surface area contributed by atoms with Crippen LogP contribution in [0, 0.1) is 0 Å². The third-order valence-electron chi connectivity index (χ3n) is 0.983. The van der Waals surface area contributed by atoms with E-state index in [4.69, 9.17) is 10.6 Å². The molecule has 0 heterocycles. The number of amides is 2. The second kappa shape index (κ2) is 2.80. The van der Waals surface area contributed by atoms with Crippen LogP contribution in [0.4, 0.5) is 4.79 Å². The fraction of sp³-hybridized carbons (Fsp3) is 0.800. The van der Waals surface area contributed by atoms with Crippen molar-refractivity contribution in [1.82, 2.24) is 0 Å². The number of urea groups is 1. The van der Waals surface area contributed by atoms with Crippen LogP contribution in [-0.4, -0.2) is 31.4 Å². The number of carbonyl (C=O) groups is 1. The summed E-state index contributed by atoms with van der Waals surface area (Å²) in [5.41, 5.74) is 4.96. The van der Waals surface area contributed by atoms with Crippen molar-refractivity contribution in [2.45, 2.75) is 6.92 Å². The SMILES string of the molecule is CCO[N+](C)(C)C(N)=O. The molecule has 0 aliphatic rings. The van der Waals surface area contributed by atoms with E-state index in [0.717, 1.165) is 0 Å². The van der Waals surface area contributed by atoms with Crippen LogP contribution in [0.2, 0.25) is 0 Å². The number of hydrogen-bond acceptors (Lipinski definition) is 2. The van der Waals surface area contributed by atoms with Crippen molar-refractivity contribution in [2.24, 2.45) is 5.73 Å². The lowest BCUT2D eigenvalue weighted by Gasteiger charge is -2.19. The summed E-state index contributed by atoms with van der Waals surface area (Å²) in [7, 11) is 3.18. The highest BCUT2D eigenvalue weighted by Crippen LogP contribution is 1.95. The largest absolute Gasteiger partial charge is 0.446 e. The highest BCUT2D eigenvalue weighted by molar-refractivity contribution is 5.63. The van der Waals surface area contributed by atoms with Crippen LogP contribution in [0.25, 0.3) is 0 Å². The Bertz CT molecular complexity index is 112. The maximum Gasteiger partial charge on any atom is 0.446 e.